The molecule has 0 bridgehead atoms. The van der Waals surface area contributed by atoms with Crippen LogP contribution in [0, 0.1) is 0 Å². The number of aliphatic hydroxyl groups is 6. The first-order valence-electron chi connectivity index (χ1n) is 6.85. The van der Waals surface area contributed by atoms with Crippen molar-refractivity contribution >= 4 is 11.4 Å². The lowest BCUT2D eigenvalue weighted by Crippen LogP contribution is -2.47. The largest absolute Gasteiger partial charge is 0.394 e. The Morgan fingerprint density at radius 2 is 1.39 bits per heavy atom. The number of hydrogen-bond acceptors (Lipinski definition) is 10. The van der Waals surface area contributed by atoms with Crippen molar-refractivity contribution in [3.8, 4) is 0 Å². The van der Waals surface area contributed by atoms with E-state index in [0.29, 0.717) is 0 Å². The molecule has 132 valence electrons. The number of H-pyrrole nitrogens is 1. The maximum atomic E-state index is 12.1. The second-order valence-electron chi connectivity index (χ2n) is 4.69. The molecule has 0 aromatic carbocycles. The SMILES string of the molecule is O=c1[nH]ncc(N(CO)C(CO)CO)c1N(CO)C(CO)CO. The average molecular weight is 334 g/mol. The van der Waals surface area contributed by atoms with E-state index in [2.05, 4.69) is 10.2 Å². The quantitative estimate of drug-likeness (QED) is 0.209. The summed E-state index contributed by atoms with van der Waals surface area (Å²) in [4.78, 5) is 14.3. The van der Waals surface area contributed by atoms with Crippen LogP contribution in [0.4, 0.5) is 11.4 Å². The van der Waals surface area contributed by atoms with Gasteiger partial charge in [-0.15, -0.1) is 0 Å². The molecule has 1 rings (SSSR count). The molecule has 0 aliphatic rings. The molecule has 0 aliphatic carbocycles. The van der Waals surface area contributed by atoms with Crippen LogP contribution in [-0.2, 0) is 0 Å². The number of nitrogens with one attached hydrogen (secondary N) is 1. The maximum Gasteiger partial charge on any atom is 0.289 e. The minimum absolute atomic E-state index is 0.0188. The Morgan fingerprint density at radius 1 is 0.913 bits per heavy atom. The summed E-state index contributed by atoms with van der Waals surface area (Å²) in [6, 6.07) is -1.88. The van der Waals surface area contributed by atoms with E-state index in [1.165, 1.54) is 6.20 Å². The molecule has 0 saturated heterocycles. The molecular formula is C12H22N4O7. The van der Waals surface area contributed by atoms with Crippen molar-refractivity contribution < 1.29 is 30.6 Å². The van der Waals surface area contributed by atoms with Gasteiger partial charge in [0.15, 0.2) is 0 Å². The van der Waals surface area contributed by atoms with E-state index < -0.39 is 57.5 Å². The zero-order valence-corrected chi connectivity index (χ0v) is 12.4. The maximum absolute atomic E-state index is 12.1. The van der Waals surface area contributed by atoms with E-state index in [1.807, 2.05) is 0 Å². The fourth-order valence-electron chi connectivity index (χ4n) is 2.14. The van der Waals surface area contributed by atoms with Crippen LogP contribution in [-0.4, -0.2) is 92.8 Å². The van der Waals surface area contributed by atoms with Crippen LogP contribution >= 0.6 is 0 Å². The van der Waals surface area contributed by atoms with Crippen LogP contribution in [0.2, 0.25) is 0 Å². The van der Waals surface area contributed by atoms with Gasteiger partial charge in [-0.25, -0.2) is 5.10 Å². The van der Waals surface area contributed by atoms with E-state index in [0.717, 1.165) is 9.80 Å². The lowest BCUT2D eigenvalue weighted by atomic mass is 10.2. The molecule has 0 fully saturated rings. The lowest BCUT2D eigenvalue weighted by Gasteiger charge is -2.35. The van der Waals surface area contributed by atoms with Crippen LogP contribution in [0.25, 0.3) is 0 Å². The van der Waals surface area contributed by atoms with Crippen LogP contribution in [0.1, 0.15) is 0 Å². The zero-order chi connectivity index (χ0) is 17.4. The van der Waals surface area contributed by atoms with Gasteiger partial charge in [-0.1, -0.05) is 0 Å². The topological polar surface area (TPSA) is 174 Å². The smallest absolute Gasteiger partial charge is 0.289 e. The number of hydrogen-bond donors (Lipinski definition) is 7. The Labute approximate surface area is 131 Å². The minimum atomic E-state index is -0.968. The normalized spacial score (nSPS) is 11.3. The summed E-state index contributed by atoms with van der Waals surface area (Å²) in [6.45, 7) is -3.44. The molecule has 1 aromatic heterocycles. The minimum Gasteiger partial charge on any atom is -0.394 e. The highest BCUT2D eigenvalue weighted by atomic mass is 16.3. The monoisotopic (exact) mass is 334 g/mol. The van der Waals surface area contributed by atoms with Crippen molar-refractivity contribution in [2.75, 3.05) is 49.7 Å². The highest BCUT2D eigenvalue weighted by molar-refractivity contribution is 5.69. The second-order valence-corrected chi connectivity index (χ2v) is 4.69. The van der Waals surface area contributed by atoms with Crippen molar-refractivity contribution in [1.82, 2.24) is 10.2 Å². The van der Waals surface area contributed by atoms with Crippen molar-refractivity contribution in [1.29, 1.82) is 0 Å². The van der Waals surface area contributed by atoms with E-state index in [1.54, 1.807) is 0 Å². The molecule has 0 aliphatic heterocycles. The van der Waals surface area contributed by atoms with Gasteiger partial charge in [0.1, 0.15) is 19.1 Å². The molecule has 23 heavy (non-hydrogen) atoms. The number of rotatable bonds is 10. The van der Waals surface area contributed by atoms with E-state index in [9.17, 15) is 35.4 Å². The third-order valence-corrected chi connectivity index (χ3v) is 3.44. The first-order chi connectivity index (χ1) is 11.1. The molecule has 11 nitrogen and oxygen atoms in total. The number of anilines is 2. The van der Waals surface area contributed by atoms with Gasteiger partial charge in [-0.05, 0) is 0 Å². The van der Waals surface area contributed by atoms with Crippen molar-refractivity contribution in [2.45, 2.75) is 12.1 Å². The second kappa shape index (κ2) is 9.39. The Kier molecular flexibility index (Phi) is 7.88. The van der Waals surface area contributed by atoms with E-state index in [-0.39, 0.29) is 11.4 Å². The van der Waals surface area contributed by atoms with Gasteiger partial charge >= 0.3 is 0 Å². The van der Waals surface area contributed by atoms with Gasteiger partial charge in [-0.3, -0.25) is 4.79 Å². The molecule has 0 amide bonds. The summed E-state index contributed by atoms with van der Waals surface area (Å²) < 4.78 is 0. The summed E-state index contributed by atoms with van der Waals surface area (Å²) in [5.74, 6) is 0. The summed E-state index contributed by atoms with van der Waals surface area (Å²) in [5.41, 5.74) is -0.890. The average Bonchev–Trinajstić information content (AvgIpc) is 2.58. The highest BCUT2D eigenvalue weighted by Gasteiger charge is 2.27. The predicted octanol–water partition coefficient (Wildman–Crippen LogP) is -4.01. The van der Waals surface area contributed by atoms with Gasteiger partial charge in [-0.2, -0.15) is 5.10 Å². The molecule has 7 N–H and O–H groups in total. The van der Waals surface area contributed by atoms with E-state index >= 15 is 0 Å². The van der Waals surface area contributed by atoms with Crippen LogP contribution < -0.4 is 15.4 Å². The molecule has 1 heterocycles. The lowest BCUT2D eigenvalue weighted by molar-refractivity contribution is 0.161. The molecule has 0 saturated carbocycles. The summed E-state index contributed by atoms with van der Waals surface area (Å²) in [7, 11) is 0. The van der Waals surface area contributed by atoms with E-state index in [4.69, 9.17) is 0 Å². The summed E-state index contributed by atoms with van der Waals surface area (Å²) in [6.07, 6.45) is 1.17. The number of aromatic amines is 1. The fourth-order valence-corrected chi connectivity index (χ4v) is 2.14. The molecular weight excluding hydrogens is 312 g/mol. The molecule has 1 aromatic rings. The number of aromatic nitrogens is 2. The number of nitrogens with zero attached hydrogens (tertiary/aromatic N) is 3. The van der Waals surface area contributed by atoms with Gasteiger partial charge in [0.25, 0.3) is 5.56 Å². The van der Waals surface area contributed by atoms with Crippen molar-refractivity contribution in [3.63, 3.8) is 0 Å². The summed E-state index contributed by atoms with van der Waals surface area (Å²) in [5, 5.41) is 61.9. The Morgan fingerprint density at radius 3 is 1.83 bits per heavy atom. The third kappa shape index (κ3) is 4.16. The van der Waals surface area contributed by atoms with Gasteiger partial charge in [0, 0.05) is 0 Å². The predicted molar refractivity (Wildman–Crippen MR) is 79.9 cm³/mol. The zero-order valence-electron chi connectivity index (χ0n) is 12.4. The van der Waals surface area contributed by atoms with Crippen LogP contribution in [0.3, 0.4) is 0 Å². The van der Waals surface area contributed by atoms with Crippen LogP contribution in [0.5, 0.6) is 0 Å². The Balaban J connectivity index is 3.44. The molecule has 0 unspecified atom stereocenters. The Hall–Kier alpha value is -1.76. The standard InChI is InChI=1S/C12H22N4O7/c17-2-8(3-18)15(6-21)10-1-13-14-12(23)11(10)16(7-22)9(4-19)5-20/h1,8-9,17-22H,2-7H2,(H,14,23). The highest BCUT2D eigenvalue weighted by Crippen LogP contribution is 2.27. The number of aliphatic hydroxyl groups excluding tert-OH is 6. The van der Waals surface area contributed by atoms with Gasteiger partial charge < -0.3 is 40.4 Å². The van der Waals surface area contributed by atoms with Crippen LogP contribution in [0.15, 0.2) is 11.0 Å². The van der Waals surface area contributed by atoms with Gasteiger partial charge in [0.05, 0.1) is 50.4 Å². The molecule has 11 heteroatoms. The van der Waals surface area contributed by atoms with Crippen molar-refractivity contribution in [2.24, 2.45) is 0 Å². The van der Waals surface area contributed by atoms with Crippen molar-refractivity contribution in [3.05, 3.63) is 16.6 Å². The molecule has 0 spiro atoms. The Bertz CT molecular complexity index is 518. The first kappa shape index (κ1) is 19.3. The fraction of sp³-hybridized carbons (Fsp3) is 0.667. The molecule has 0 atom stereocenters. The summed E-state index contributed by atoms with van der Waals surface area (Å²) >= 11 is 0. The third-order valence-electron chi connectivity index (χ3n) is 3.44. The first-order valence-corrected chi connectivity index (χ1v) is 6.85. The van der Waals surface area contributed by atoms with Gasteiger partial charge in [0.2, 0.25) is 0 Å². The molecule has 0 radical (unpaired) electrons.